The molecule has 1 rings (SSSR count). The first-order valence-corrected chi connectivity index (χ1v) is 4.97. The molecule has 0 fully saturated rings. The maximum absolute atomic E-state index is 11.8. The minimum absolute atomic E-state index is 0.0533. The van der Waals surface area contributed by atoms with Crippen LogP contribution in [0.25, 0.3) is 0 Å². The number of aromatic nitrogens is 1. The van der Waals surface area contributed by atoms with Gasteiger partial charge in [0.05, 0.1) is 13.7 Å². The van der Waals surface area contributed by atoms with Crippen LogP contribution in [-0.4, -0.2) is 37.8 Å². The summed E-state index contributed by atoms with van der Waals surface area (Å²) in [5.74, 6) is 0.110. The Kier molecular flexibility index (Phi) is 4.72. The molecule has 0 saturated heterocycles. The zero-order valence-electron chi connectivity index (χ0n) is 9.69. The molecule has 5 nitrogen and oxygen atoms in total. The summed E-state index contributed by atoms with van der Waals surface area (Å²) < 4.78 is 9.94. The molecule has 1 amide bonds. The summed E-state index contributed by atoms with van der Waals surface area (Å²) in [6, 6.07) is 3.31. The number of hydrogen-bond acceptors (Lipinski definition) is 4. The first kappa shape index (κ1) is 12.4. The highest BCUT2D eigenvalue weighted by molar-refractivity contribution is 5.96. The highest BCUT2D eigenvalue weighted by Gasteiger charge is 2.14. The maximum Gasteiger partial charge on any atom is 0.257 e. The van der Waals surface area contributed by atoms with Gasteiger partial charge in [-0.15, -0.1) is 0 Å². The summed E-state index contributed by atoms with van der Waals surface area (Å²) in [4.78, 5) is 15.8. The summed E-state index contributed by atoms with van der Waals surface area (Å²) in [6.07, 6.45) is 1.58. The Morgan fingerprint density at radius 2 is 2.31 bits per heavy atom. The first-order valence-electron chi connectivity index (χ1n) is 4.97. The Bertz CT molecular complexity index is 355. The van der Waals surface area contributed by atoms with Crippen molar-refractivity contribution in [3.8, 4) is 5.88 Å². The van der Waals surface area contributed by atoms with Crippen molar-refractivity contribution >= 4 is 5.91 Å². The Morgan fingerprint density at radius 1 is 1.56 bits per heavy atom. The SMILES string of the molecule is COCC(C)NC(=O)c1cccnc1OC. The van der Waals surface area contributed by atoms with Crippen molar-refractivity contribution in [1.82, 2.24) is 10.3 Å². The second kappa shape index (κ2) is 6.07. The van der Waals surface area contributed by atoms with Gasteiger partial charge in [-0.2, -0.15) is 0 Å². The van der Waals surface area contributed by atoms with E-state index in [1.54, 1.807) is 25.4 Å². The van der Waals surface area contributed by atoms with Gasteiger partial charge in [0.1, 0.15) is 5.56 Å². The van der Waals surface area contributed by atoms with Gasteiger partial charge in [-0.3, -0.25) is 4.79 Å². The van der Waals surface area contributed by atoms with Crippen molar-refractivity contribution in [3.05, 3.63) is 23.9 Å². The summed E-state index contributed by atoms with van der Waals surface area (Å²) in [5, 5.41) is 2.79. The molecule has 1 N–H and O–H groups in total. The van der Waals surface area contributed by atoms with E-state index in [0.717, 1.165) is 0 Å². The van der Waals surface area contributed by atoms with E-state index in [9.17, 15) is 4.79 Å². The maximum atomic E-state index is 11.8. The monoisotopic (exact) mass is 224 g/mol. The molecule has 1 aromatic heterocycles. The second-order valence-corrected chi connectivity index (χ2v) is 3.39. The van der Waals surface area contributed by atoms with Crippen LogP contribution in [0.5, 0.6) is 5.88 Å². The third-order valence-electron chi connectivity index (χ3n) is 2.00. The van der Waals surface area contributed by atoms with E-state index in [1.807, 2.05) is 6.92 Å². The number of carbonyl (C=O) groups is 1. The molecule has 0 aliphatic carbocycles. The Morgan fingerprint density at radius 3 is 2.94 bits per heavy atom. The fraction of sp³-hybridized carbons (Fsp3) is 0.455. The van der Waals surface area contributed by atoms with Crippen LogP contribution in [0.1, 0.15) is 17.3 Å². The van der Waals surface area contributed by atoms with Gasteiger partial charge < -0.3 is 14.8 Å². The predicted molar refractivity (Wildman–Crippen MR) is 59.6 cm³/mol. The van der Waals surface area contributed by atoms with E-state index >= 15 is 0 Å². The lowest BCUT2D eigenvalue weighted by Crippen LogP contribution is -2.35. The van der Waals surface area contributed by atoms with Gasteiger partial charge in [-0.05, 0) is 19.1 Å². The number of nitrogens with one attached hydrogen (secondary N) is 1. The molecule has 1 unspecified atom stereocenters. The molecule has 88 valence electrons. The lowest BCUT2D eigenvalue weighted by molar-refractivity contribution is 0.0902. The quantitative estimate of drug-likeness (QED) is 0.805. The van der Waals surface area contributed by atoms with Gasteiger partial charge >= 0.3 is 0 Å². The molecule has 1 aromatic rings. The van der Waals surface area contributed by atoms with Crippen molar-refractivity contribution < 1.29 is 14.3 Å². The molecule has 0 spiro atoms. The average Bonchev–Trinajstić information content (AvgIpc) is 2.29. The number of amides is 1. The van der Waals surface area contributed by atoms with E-state index in [0.29, 0.717) is 18.1 Å². The van der Waals surface area contributed by atoms with Crippen LogP contribution < -0.4 is 10.1 Å². The van der Waals surface area contributed by atoms with E-state index in [2.05, 4.69) is 10.3 Å². The first-order chi connectivity index (χ1) is 7.69. The topological polar surface area (TPSA) is 60.5 Å². The molecule has 0 bridgehead atoms. The lowest BCUT2D eigenvalue weighted by atomic mass is 10.2. The van der Waals surface area contributed by atoms with Crippen LogP contribution >= 0.6 is 0 Å². The van der Waals surface area contributed by atoms with Crippen LogP contribution in [0.4, 0.5) is 0 Å². The minimum Gasteiger partial charge on any atom is -0.480 e. The highest BCUT2D eigenvalue weighted by atomic mass is 16.5. The molecular formula is C11H16N2O3. The second-order valence-electron chi connectivity index (χ2n) is 3.39. The standard InChI is InChI=1S/C11H16N2O3/c1-8(7-15-2)13-10(14)9-5-4-6-12-11(9)16-3/h4-6,8H,7H2,1-3H3,(H,13,14). The third kappa shape index (κ3) is 3.20. The van der Waals surface area contributed by atoms with Gasteiger partial charge in [-0.1, -0.05) is 0 Å². The third-order valence-corrected chi connectivity index (χ3v) is 2.00. The molecule has 1 heterocycles. The molecular weight excluding hydrogens is 208 g/mol. The van der Waals surface area contributed by atoms with Gasteiger partial charge in [0.15, 0.2) is 0 Å². The van der Waals surface area contributed by atoms with Crippen LogP contribution in [0.2, 0.25) is 0 Å². The van der Waals surface area contributed by atoms with Gasteiger partial charge in [0, 0.05) is 19.3 Å². The average molecular weight is 224 g/mol. The Hall–Kier alpha value is -1.62. The number of carbonyl (C=O) groups excluding carboxylic acids is 1. The zero-order chi connectivity index (χ0) is 12.0. The van der Waals surface area contributed by atoms with E-state index in [-0.39, 0.29) is 11.9 Å². The van der Waals surface area contributed by atoms with Crippen LogP contribution in [0.15, 0.2) is 18.3 Å². The molecule has 16 heavy (non-hydrogen) atoms. The molecule has 0 radical (unpaired) electrons. The van der Waals surface area contributed by atoms with Gasteiger partial charge in [0.2, 0.25) is 5.88 Å². The number of pyridine rings is 1. The summed E-state index contributed by atoms with van der Waals surface area (Å²) in [7, 11) is 3.07. The molecule has 0 aromatic carbocycles. The number of ether oxygens (including phenoxy) is 2. The predicted octanol–water partition coefficient (Wildman–Crippen LogP) is 0.855. The fourth-order valence-corrected chi connectivity index (χ4v) is 1.32. The normalized spacial score (nSPS) is 11.9. The minimum atomic E-state index is -0.213. The summed E-state index contributed by atoms with van der Waals surface area (Å²) >= 11 is 0. The number of hydrogen-bond donors (Lipinski definition) is 1. The van der Waals surface area contributed by atoms with Crippen molar-refractivity contribution in [2.75, 3.05) is 20.8 Å². The van der Waals surface area contributed by atoms with E-state index in [1.165, 1.54) is 7.11 Å². The largest absolute Gasteiger partial charge is 0.480 e. The smallest absolute Gasteiger partial charge is 0.257 e. The van der Waals surface area contributed by atoms with Crippen molar-refractivity contribution in [2.45, 2.75) is 13.0 Å². The highest BCUT2D eigenvalue weighted by Crippen LogP contribution is 2.13. The number of rotatable bonds is 5. The van der Waals surface area contributed by atoms with Crippen molar-refractivity contribution in [3.63, 3.8) is 0 Å². The molecule has 1 atom stereocenters. The van der Waals surface area contributed by atoms with Gasteiger partial charge in [0.25, 0.3) is 5.91 Å². The molecule has 0 saturated carbocycles. The molecule has 0 aliphatic rings. The molecule has 0 aliphatic heterocycles. The fourth-order valence-electron chi connectivity index (χ4n) is 1.32. The summed E-state index contributed by atoms with van der Waals surface area (Å²) in [5.41, 5.74) is 0.424. The lowest BCUT2D eigenvalue weighted by Gasteiger charge is -2.13. The molecule has 5 heteroatoms. The van der Waals surface area contributed by atoms with Crippen LogP contribution in [-0.2, 0) is 4.74 Å². The zero-order valence-corrected chi connectivity index (χ0v) is 9.69. The van der Waals surface area contributed by atoms with E-state index < -0.39 is 0 Å². The Balaban J connectivity index is 2.72. The van der Waals surface area contributed by atoms with Gasteiger partial charge in [-0.25, -0.2) is 4.98 Å². The van der Waals surface area contributed by atoms with Crippen molar-refractivity contribution in [2.24, 2.45) is 0 Å². The Labute approximate surface area is 94.8 Å². The summed E-state index contributed by atoms with van der Waals surface area (Å²) in [6.45, 7) is 2.33. The number of nitrogens with zero attached hydrogens (tertiary/aromatic N) is 1. The van der Waals surface area contributed by atoms with E-state index in [4.69, 9.17) is 9.47 Å². The van der Waals surface area contributed by atoms with Crippen molar-refractivity contribution in [1.29, 1.82) is 0 Å². The van der Waals surface area contributed by atoms with Crippen LogP contribution in [0.3, 0.4) is 0 Å². The number of methoxy groups -OCH3 is 2. The van der Waals surface area contributed by atoms with Crippen LogP contribution in [0, 0.1) is 0 Å².